The van der Waals surface area contributed by atoms with Gasteiger partial charge in [0, 0.05) is 24.7 Å². The number of alkyl halides is 1. The Labute approximate surface area is 107 Å². The molecule has 1 aromatic heterocycles. The number of nitrogens with zero attached hydrogens (tertiary/aromatic N) is 2. The van der Waals surface area contributed by atoms with Gasteiger partial charge >= 0.3 is 0 Å². The minimum absolute atomic E-state index is 0.0198. The van der Waals surface area contributed by atoms with Gasteiger partial charge in [-0.3, -0.25) is 5.10 Å². The minimum atomic E-state index is -3.49. The van der Waals surface area contributed by atoms with Crippen molar-refractivity contribution in [2.75, 3.05) is 12.4 Å². The maximum absolute atomic E-state index is 12.3. The van der Waals surface area contributed by atoms with Crippen molar-refractivity contribution in [1.82, 2.24) is 14.5 Å². The first-order valence-corrected chi connectivity index (χ1v) is 7.61. The van der Waals surface area contributed by atoms with E-state index in [1.807, 2.05) is 13.8 Å². The second kappa shape index (κ2) is 6.37. The van der Waals surface area contributed by atoms with E-state index in [4.69, 9.17) is 11.6 Å². The van der Waals surface area contributed by atoms with Crippen molar-refractivity contribution in [3.05, 3.63) is 12.4 Å². The number of hydrogen-bond acceptors (Lipinski definition) is 3. The zero-order chi connectivity index (χ0) is 12.9. The minimum Gasteiger partial charge on any atom is -0.284 e. The molecule has 1 N–H and O–H groups in total. The van der Waals surface area contributed by atoms with Crippen molar-refractivity contribution >= 4 is 21.6 Å². The molecule has 0 saturated carbocycles. The van der Waals surface area contributed by atoms with Gasteiger partial charge in [-0.15, -0.1) is 11.6 Å². The molecule has 0 spiro atoms. The molecule has 7 heteroatoms. The molecule has 0 saturated heterocycles. The van der Waals surface area contributed by atoms with Crippen LogP contribution in [0.4, 0.5) is 0 Å². The number of H-pyrrole nitrogens is 1. The van der Waals surface area contributed by atoms with Crippen molar-refractivity contribution in [2.24, 2.45) is 0 Å². The van der Waals surface area contributed by atoms with Gasteiger partial charge in [-0.1, -0.05) is 13.8 Å². The Hall–Kier alpha value is -0.590. The van der Waals surface area contributed by atoms with Crippen LogP contribution in [0.25, 0.3) is 0 Å². The van der Waals surface area contributed by atoms with Gasteiger partial charge in [-0.2, -0.15) is 9.40 Å². The Balaban J connectivity index is 3.06. The van der Waals surface area contributed by atoms with E-state index in [2.05, 4.69) is 10.2 Å². The highest BCUT2D eigenvalue weighted by Crippen LogP contribution is 2.20. The number of halogens is 1. The van der Waals surface area contributed by atoms with Crippen molar-refractivity contribution in [3.63, 3.8) is 0 Å². The zero-order valence-corrected chi connectivity index (χ0v) is 11.6. The lowest BCUT2D eigenvalue weighted by Gasteiger charge is -2.28. The lowest BCUT2D eigenvalue weighted by molar-refractivity contribution is 0.316. The van der Waals surface area contributed by atoms with Gasteiger partial charge in [0.2, 0.25) is 10.0 Å². The maximum atomic E-state index is 12.3. The monoisotopic (exact) mass is 279 g/mol. The second-order valence-corrected chi connectivity index (χ2v) is 5.98. The summed E-state index contributed by atoms with van der Waals surface area (Å²) in [5.41, 5.74) is 0. The average molecular weight is 280 g/mol. The molecule has 0 aliphatic heterocycles. The molecule has 0 radical (unpaired) electrons. The summed E-state index contributed by atoms with van der Waals surface area (Å²) in [4.78, 5) is 0.189. The number of aromatic amines is 1. The van der Waals surface area contributed by atoms with E-state index >= 15 is 0 Å². The molecule has 0 aliphatic rings. The van der Waals surface area contributed by atoms with E-state index in [0.29, 0.717) is 6.54 Å². The number of aromatic nitrogens is 2. The molecule has 1 heterocycles. The summed E-state index contributed by atoms with van der Waals surface area (Å²) in [6.45, 7) is 4.27. The molecule has 0 amide bonds. The fraction of sp³-hybridized carbons (Fsp3) is 0.700. The first-order chi connectivity index (χ1) is 8.07. The maximum Gasteiger partial charge on any atom is 0.246 e. The van der Waals surface area contributed by atoms with E-state index in [1.165, 1.54) is 16.7 Å². The zero-order valence-electron chi connectivity index (χ0n) is 10.1. The molecule has 0 unspecified atom stereocenters. The van der Waals surface area contributed by atoms with Crippen molar-refractivity contribution in [3.8, 4) is 0 Å². The van der Waals surface area contributed by atoms with Crippen LogP contribution in [0.15, 0.2) is 17.3 Å². The van der Waals surface area contributed by atoms with Crippen LogP contribution in [0.1, 0.15) is 26.7 Å². The first-order valence-electron chi connectivity index (χ1n) is 5.64. The Morgan fingerprint density at radius 3 is 2.53 bits per heavy atom. The largest absolute Gasteiger partial charge is 0.284 e. The fourth-order valence-electron chi connectivity index (χ4n) is 1.79. The van der Waals surface area contributed by atoms with E-state index < -0.39 is 10.0 Å². The van der Waals surface area contributed by atoms with E-state index in [1.54, 1.807) is 0 Å². The molecule has 5 nitrogen and oxygen atoms in total. The number of sulfonamides is 1. The second-order valence-electron chi connectivity index (χ2n) is 3.71. The van der Waals surface area contributed by atoms with Gasteiger partial charge in [0.25, 0.3) is 0 Å². The molecule has 0 fully saturated rings. The van der Waals surface area contributed by atoms with Gasteiger partial charge in [-0.05, 0) is 12.8 Å². The van der Waals surface area contributed by atoms with Gasteiger partial charge in [0.15, 0.2) is 0 Å². The standard InChI is InChI=1S/C10H18ClN3O2S/c1-3-9(4-2)14(6-5-11)17(15,16)10-7-12-13-8-10/h7-9H,3-6H2,1-2H3,(H,12,13). The van der Waals surface area contributed by atoms with Gasteiger partial charge in [0.05, 0.1) is 6.20 Å². The highest BCUT2D eigenvalue weighted by Gasteiger charge is 2.29. The van der Waals surface area contributed by atoms with Crippen molar-refractivity contribution in [2.45, 2.75) is 37.6 Å². The Morgan fingerprint density at radius 2 is 2.12 bits per heavy atom. The van der Waals surface area contributed by atoms with Crippen LogP contribution >= 0.6 is 11.6 Å². The SMILES string of the molecule is CCC(CC)N(CCCl)S(=O)(=O)c1cn[nH]c1. The Morgan fingerprint density at radius 1 is 1.47 bits per heavy atom. The summed E-state index contributed by atoms with van der Waals surface area (Å²) in [5, 5.41) is 6.20. The predicted molar refractivity (Wildman–Crippen MR) is 67.6 cm³/mol. The number of nitrogens with one attached hydrogen (secondary N) is 1. The highest BCUT2D eigenvalue weighted by molar-refractivity contribution is 7.89. The summed E-state index contributed by atoms with van der Waals surface area (Å²) >= 11 is 5.69. The molecule has 0 aromatic carbocycles. The van der Waals surface area contributed by atoms with Crippen molar-refractivity contribution < 1.29 is 8.42 Å². The van der Waals surface area contributed by atoms with Crippen LogP contribution < -0.4 is 0 Å². The van der Waals surface area contributed by atoms with Crippen LogP contribution in [0.5, 0.6) is 0 Å². The van der Waals surface area contributed by atoms with E-state index in [0.717, 1.165) is 12.8 Å². The predicted octanol–water partition coefficient (Wildman–Crippen LogP) is 1.83. The third kappa shape index (κ3) is 3.20. The third-order valence-corrected chi connectivity index (χ3v) is 4.82. The molecule has 17 heavy (non-hydrogen) atoms. The Bertz CT molecular complexity index is 415. The molecule has 98 valence electrons. The van der Waals surface area contributed by atoms with Crippen LogP contribution in [0.2, 0.25) is 0 Å². The molecule has 1 aromatic rings. The average Bonchev–Trinajstić information content (AvgIpc) is 2.83. The highest BCUT2D eigenvalue weighted by atomic mass is 35.5. The van der Waals surface area contributed by atoms with Gasteiger partial charge in [-0.25, -0.2) is 8.42 Å². The topological polar surface area (TPSA) is 66.1 Å². The number of hydrogen-bond donors (Lipinski definition) is 1. The lowest BCUT2D eigenvalue weighted by Crippen LogP contribution is -2.40. The molecule has 1 rings (SSSR count). The van der Waals surface area contributed by atoms with Gasteiger partial charge in [0.1, 0.15) is 4.90 Å². The first kappa shape index (κ1) is 14.5. The molecule has 0 atom stereocenters. The lowest BCUT2D eigenvalue weighted by atomic mass is 10.2. The quantitative estimate of drug-likeness (QED) is 0.775. The molecule has 0 bridgehead atoms. The van der Waals surface area contributed by atoms with Crippen LogP contribution in [0.3, 0.4) is 0 Å². The fourth-order valence-corrected chi connectivity index (χ4v) is 3.76. The van der Waals surface area contributed by atoms with Crippen LogP contribution in [-0.4, -0.2) is 41.4 Å². The Kier molecular flexibility index (Phi) is 5.42. The van der Waals surface area contributed by atoms with E-state index in [9.17, 15) is 8.42 Å². The molecular formula is C10H18ClN3O2S. The number of rotatable bonds is 7. The van der Waals surface area contributed by atoms with E-state index in [-0.39, 0.29) is 16.8 Å². The van der Waals surface area contributed by atoms with Gasteiger partial charge < -0.3 is 0 Å². The molecular weight excluding hydrogens is 262 g/mol. The van der Waals surface area contributed by atoms with Crippen LogP contribution in [0, 0.1) is 0 Å². The summed E-state index contributed by atoms with van der Waals surface area (Å²) < 4.78 is 26.2. The summed E-state index contributed by atoms with van der Waals surface area (Å²) in [6.07, 6.45) is 4.24. The van der Waals surface area contributed by atoms with Crippen LogP contribution in [-0.2, 0) is 10.0 Å². The smallest absolute Gasteiger partial charge is 0.246 e. The summed E-state index contributed by atoms with van der Waals surface area (Å²) in [5.74, 6) is 0.285. The van der Waals surface area contributed by atoms with Crippen molar-refractivity contribution in [1.29, 1.82) is 0 Å². The third-order valence-electron chi connectivity index (χ3n) is 2.73. The summed E-state index contributed by atoms with van der Waals surface area (Å²) in [7, 11) is -3.49. The normalized spacial score (nSPS) is 12.5. The summed E-state index contributed by atoms with van der Waals surface area (Å²) in [6, 6.07) is -0.0198. The molecule has 0 aliphatic carbocycles.